The summed E-state index contributed by atoms with van der Waals surface area (Å²) in [5, 5.41) is 2.81. The van der Waals surface area contributed by atoms with Crippen LogP contribution in [-0.4, -0.2) is 38.4 Å². The number of halogens is 3. The molecule has 30 heavy (non-hydrogen) atoms. The number of hydrogen-bond acceptors (Lipinski definition) is 6. The van der Waals surface area contributed by atoms with Gasteiger partial charge in [0.1, 0.15) is 13.2 Å². The number of para-hydroxylation sites is 1. The molecule has 2 rings (SSSR count). The molecule has 1 N–H and O–H groups in total. The van der Waals surface area contributed by atoms with Crippen molar-refractivity contribution in [1.82, 2.24) is 0 Å². The van der Waals surface area contributed by atoms with E-state index in [4.69, 9.17) is 14.2 Å². The van der Waals surface area contributed by atoms with E-state index in [1.54, 1.807) is 18.2 Å². The number of anilines is 2. The highest BCUT2D eigenvalue weighted by molar-refractivity contribution is 5.96. The molecule has 0 amide bonds. The predicted octanol–water partition coefficient (Wildman–Crippen LogP) is 4.35. The van der Waals surface area contributed by atoms with Gasteiger partial charge in [-0.05, 0) is 30.3 Å². The zero-order chi connectivity index (χ0) is 22.0. The van der Waals surface area contributed by atoms with E-state index >= 15 is 0 Å². The fraction of sp³-hybridized carbons (Fsp3) is 0.238. The van der Waals surface area contributed by atoms with E-state index in [2.05, 4.69) is 11.9 Å². The molecule has 0 aromatic heterocycles. The standard InChI is InChI=1S/C21H20F3NO5/c1-2-19(26)29-12-10-28-11-13-30-20(27)17-8-3-4-9-18(17)25-16-7-5-6-15(14-16)21(22,23)24/h2-9,14,25H,1,10-13H2. The first-order valence-electron chi connectivity index (χ1n) is 8.88. The van der Waals surface area contributed by atoms with Crippen LogP contribution < -0.4 is 5.32 Å². The Morgan fingerprint density at radius 2 is 1.67 bits per heavy atom. The first kappa shape index (κ1) is 23.0. The second kappa shape index (κ2) is 11.0. The molecular weight excluding hydrogens is 403 g/mol. The highest BCUT2D eigenvalue weighted by atomic mass is 19.4. The van der Waals surface area contributed by atoms with Crippen LogP contribution in [0.15, 0.2) is 61.2 Å². The molecule has 0 aliphatic carbocycles. The molecule has 2 aromatic rings. The molecule has 0 radical (unpaired) electrons. The van der Waals surface area contributed by atoms with Gasteiger partial charge in [0, 0.05) is 11.8 Å². The number of rotatable bonds is 10. The summed E-state index contributed by atoms with van der Waals surface area (Å²) in [6.45, 7) is 3.47. The number of esters is 2. The van der Waals surface area contributed by atoms with Crippen molar-refractivity contribution in [2.24, 2.45) is 0 Å². The van der Waals surface area contributed by atoms with Crippen molar-refractivity contribution in [1.29, 1.82) is 0 Å². The maximum Gasteiger partial charge on any atom is 0.416 e. The van der Waals surface area contributed by atoms with Gasteiger partial charge in [0.25, 0.3) is 0 Å². The number of hydrogen-bond donors (Lipinski definition) is 1. The first-order valence-corrected chi connectivity index (χ1v) is 8.88. The quantitative estimate of drug-likeness (QED) is 0.348. The van der Waals surface area contributed by atoms with Gasteiger partial charge in [-0.1, -0.05) is 24.8 Å². The highest BCUT2D eigenvalue weighted by Crippen LogP contribution is 2.31. The lowest BCUT2D eigenvalue weighted by Crippen LogP contribution is -2.14. The monoisotopic (exact) mass is 423 g/mol. The van der Waals surface area contributed by atoms with Gasteiger partial charge in [-0.3, -0.25) is 0 Å². The Labute approximate surface area is 171 Å². The maximum atomic E-state index is 12.9. The largest absolute Gasteiger partial charge is 0.460 e. The van der Waals surface area contributed by atoms with E-state index in [1.807, 2.05) is 0 Å². The van der Waals surface area contributed by atoms with Crippen molar-refractivity contribution >= 4 is 23.3 Å². The lowest BCUT2D eigenvalue weighted by molar-refractivity contribution is -0.139. The SMILES string of the molecule is C=CC(=O)OCCOCCOC(=O)c1ccccc1Nc1cccc(C(F)(F)F)c1. The Hall–Kier alpha value is -3.33. The van der Waals surface area contributed by atoms with Crippen LogP contribution in [0.5, 0.6) is 0 Å². The number of benzene rings is 2. The highest BCUT2D eigenvalue weighted by Gasteiger charge is 2.30. The summed E-state index contributed by atoms with van der Waals surface area (Å²) >= 11 is 0. The molecule has 0 bridgehead atoms. The third-order valence-corrected chi connectivity index (χ3v) is 3.72. The van der Waals surface area contributed by atoms with Crippen LogP contribution in [0.4, 0.5) is 24.5 Å². The average molecular weight is 423 g/mol. The van der Waals surface area contributed by atoms with E-state index in [-0.39, 0.29) is 37.7 Å². The van der Waals surface area contributed by atoms with E-state index in [1.165, 1.54) is 18.2 Å². The van der Waals surface area contributed by atoms with Gasteiger partial charge < -0.3 is 19.5 Å². The van der Waals surface area contributed by atoms with Crippen LogP contribution in [0, 0.1) is 0 Å². The molecular formula is C21H20F3NO5. The van der Waals surface area contributed by atoms with Gasteiger partial charge in [0.15, 0.2) is 0 Å². The fourth-order valence-electron chi connectivity index (χ4n) is 2.33. The topological polar surface area (TPSA) is 73.9 Å². The lowest BCUT2D eigenvalue weighted by Gasteiger charge is -2.13. The molecule has 0 unspecified atom stereocenters. The summed E-state index contributed by atoms with van der Waals surface area (Å²) in [7, 11) is 0. The van der Waals surface area contributed by atoms with Crippen LogP contribution in [0.25, 0.3) is 0 Å². The Kier molecular flexibility index (Phi) is 8.42. The van der Waals surface area contributed by atoms with Gasteiger partial charge >= 0.3 is 18.1 Å². The van der Waals surface area contributed by atoms with Gasteiger partial charge in [-0.15, -0.1) is 0 Å². The van der Waals surface area contributed by atoms with E-state index in [9.17, 15) is 22.8 Å². The summed E-state index contributed by atoms with van der Waals surface area (Å²) in [6, 6.07) is 11.0. The zero-order valence-corrected chi connectivity index (χ0v) is 15.9. The van der Waals surface area contributed by atoms with Crippen LogP contribution >= 0.6 is 0 Å². The van der Waals surface area contributed by atoms with Gasteiger partial charge in [0.2, 0.25) is 0 Å². The summed E-state index contributed by atoms with van der Waals surface area (Å²) < 4.78 is 53.7. The van der Waals surface area contributed by atoms with E-state index in [0.29, 0.717) is 5.69 Å². The number of ether oxygens (including phenoxy) is 3. The summed E-state index contributed by atoms with van der Waals surface area (Å²) in [5.41, 5.74) is -0.153. The van der Waals surface area contributed by atoms with Crippen LogP contribution in [-0.2, 0) is 25.2 Å². The zero-order valence-electron chi connectivity index (χ0n) is 15.9. The van der Waals surface area contributed by atoms with Crippen molar-refractivity contribution in [3.05, 3.63) is 72.3 Å². The fourth-order valence-corrected chi connectivity index (χ4v) is 2.33. The lowest BCUT2D eigenvalue weighted by atomic mass is 10.1. The first-order chi connectivity index (χ1) is 14.3. The third-order valence-electron chi connectivity index (χ3n) is 3.72. The maximum absolute atomic E-state index is 12.9. The van der Waals surface area contributed by atoms with Crippen molar-refractivity contribution < 1.29 is 37.0 Å². The van der Waals surface area contributed by atoms with Crippen LogP contribution in [0.1, 0.15) is 15.9 Å². The summed E-state index contributed by atoms with van der Waals surface area (Å²) in [6.07, 6.45) is -3.44. The molecule has 0 atom stereocenters. The van der Waals surface area contributed by atoms with Gasteiger partial charge in [0.05, 0.1) is 30.0 Å². The summed E-state index contributed by atoms with van der Waals surface area (Å²) in [4.78, 5) is 23.2. The van der Waals surface area contributed by atoms with Crippen molar-refractivity contribution in [2.75, 3.05) is 31.7 Å². The van der Waals surface area contributed by atoms with Gasteiger partial charge in [-0.25, -0.2) is 9.59 Å². The number of nitrogens with one attached hydrogen (secondary N) is 1. The smallest absolute Gasteiger partial charge is 0.416 e. The number of carbonyl (C=O) groups excluding carboxylic acids is 2. The summed E-state index contributed by atoms with van der Waals surface area (Å²) in [5.74, 6) is -1.22. The average Bonchev–Trinajstić information content (AvgIpc) is 2.72. The third kappa shape index (κ3) is 7.25. The molecule has 6 nitrogen and oxygen atoms in total. The minimum absolute atomic E-state index is 0.0442. The van der Waals surface area contributed by atoms with Gasteiger partial charge in [-0.2, -0.15) is 13.2 Å². The molecule has 0 fully saturated rings. The second-order valence-corrected chi connectivity index (χ2v) is 5.87. The molecule has 9 heteroatoms. The second-order valence-electron chi connectivity index (χ2n) is 5.87. The minimum atomic E-state index is -4.47. The molecule has 0 aliphatic heterocycles. The Balaban J connectivity index is 1.89. The van der Waals surface area contributed by atoms with Crippen molar-refractivity contribution in [2.45, 2.75) is 6.18 Å². The van der Waals surface area contributed by atoms with Crippen LogP contribution in [0.2, 0.25) is 0 Å². The molecule has 160 valence electrons. The van der Waals surface area contributed by atoms with Crippen molar-refractivity contribution in [3.63, 3.8) is 0 Å². The molecule has 0 spiro atoms. The molecule has 0 saturated carbocycles. The predicted molar refractivity (Wildman–Crippen MR) is 103 cm³/mol. The van der Waals surface area contributed by atoms with Crippen LogP contribution in [0.3, 0.4) is 0 Å². The molecule has 0 aliphatic rings. The Morgan fingerprint density at radius 3 is 2.37 bits per heavy atom. The minimum Gasteiger partial charge on any atom is -0.460 e. The molecule has 0 saturated heterocycles. The molecule has 0 heterocycles. The normalized spacial score (nSPS) is 10.9. The molecule has 2 aromatic carbocycles. The van der Waals surface area contributed by atoms with Crippen molar-refractivity contribution in [3.8, 4) is 0 Å². The van der Waals surface area contributed by atoms with E-state index < -0.39 is 23.7 Å². The number of carbonyl (C=O) groups is 2. The Morgan fingerprint density at radius 1 is 0.967 bits per heavy atom. The van der Waals surface area contributed by atoms with E-state index in [0.717, 1.165) is 18.2 Å². The number of alkyl halides is 3. The Bertz CT molecular complexity index is 883.